The van der Waals surface area contributed by atoms with Gasteiger partial charge in [-0.25, -0.2) is 0 Å². The highest BCUT2D eigenvalue weighted by atomic mass is 16.4. The Morgan fingerprint density at radius 2 is 1.78 bits per heavy atom. The number of aromatic nitrogens is 1. The zero-order valence-corrected chi connectivity index (χ0v) is 15.0. The number of para-hydroxylation sites is 1. The molecule has 1 saturated heterocycles. The predicted octanol–water partition coefficient (Wildman–Crippen LogP) is 3.63. The number of benzene rings is 2. The van der Waals surface area contributed by atoms with Gasteiger partial charge in [-0.2, -0.15) is 0 Å². The molecule has 2 heterocycles. The maximum atomic E-state index is 13.0. The number of carboxylic acids is 1. The molecule has 5 heteroatoms. The van der Waals surface area contributed by atoms with Gasteiger partial charge in [-0.05, 0) is 30.5 Å². The minimum Gasteiger partial charge on any atom is -0.481 e. The van der Waals surface area contributed by atoms with Gasteiger partial charge in [0.2, 0.25) is 5.91 Å². The predicted molar refractivity (Wildman–Crippen MR) is 104 cm³/mol. The molecule has 1 atom stereocenters. The lowest BCUT2D eigenvalue weighted by Crippen LogP contribution is -2.43. The van der Waals surface area contributed by atoms with Gasteiger partial charge in [-0.1, -0.05) is 48.5 Å². The summed E-state index contributed by atoms with van der Waals surface area (Å²) in [5.74, 6) is -1.30. The van der Waals surface area contributed by atoms with E-state index in [9.17, 15) is 14.7 Å². The van der Waals surface area contributed by atoms with Gasteiger partial charge in [0.15, 0.2) is 0 Å². The minimum absolute atomic E-state index is 0.0283. The van der Waals surface area contributed by atoms with E-state index in [1.165, 1.54) is 0 Å². The summed E-state index contributed by atoms with van der Waals surface area (Å²) in [6.45, 7) is 1.14. The van der Waals surface area contributed by atoms with Gasteiger partial charge in [0.25, 0.3) is 0 Å². The molecule has 1 N–H and O–H groups in total. The third kappa shape index (κ3) is 3.45. The van der Waals surface area contributed by atoms with Crippen molar-refractivity contribution in [3.63, 3.8) is 0 Å². The molecule has 0 saturated carbocycles. The third-order valence-corrected chi connectivity index (χ3v) is 5.30. The summed E-state index contributed by atoms with van der Waals surface area (Å²) in [5.41, 5.74) is 3.07. The lowest BCUT2D eigenvalue weighted by atomic mass is 9.98. The molecule has 0 spiro atoms. The number of piperidine rings is 1. The summed E-state index contributed by atoms with van der Waals surface area (Å²) in [5, 5.41) is 10.4. The number of likely N-dealkylation sites (tertiary alicyclic amines) is 1. The number of nitrogens with zero attached hydrogens (tertiary/aromatic N) is 2. The number of aliphatic carboxylic acids is 1. The normalized spacial score (nSPS) is 17.2. The van der Waals surface area contributed by atoms with E-state index in [0.29, 0.717) is 19.5 Å². The van der Waals surface area contributed by atoms with Gasteiger partial charge in [-0.15, -0.1) is 0 Å². The Kier molecular flexibility index (Phi) is 4.67. The molecule has 4 rings (SSSR count). The SMILES string of the molecule is O=C(O)[C@H]1CCCN(C(=O)Cn2c(-c3ccccc3)cc3ccccc32)C1. The maximum Gasteiger partial charge on any atom is 0.308 e. The van der Waals surface area contributed by atoms with Crippen LogP contribution in [0.1, 0.15) is 12.8 Å². The average molecular weight is 362 g/mol. The number of fused-ring (bicyclic) bond motifs is 1. The smallest absolute Gasteiger partial charge is 0.308 e. The Balaban J connectivity index is 1.67. The highest BCUT2D eigenvalue weighted by Gasteiger charge is 2.28. The van der Waals surface area contributed by atoms with Crippen molar-refractivity contribution >= 4 is 22.8 Å². The molecule has 1 fully saturated rings. The number of carboxylic acid groups (broad SMARTS) is 1. The Bertz CT molecular complexity index is 978. The van der Waals surface area contributed by atoms with Crippen LogP contribution in [0.4, 0.5) is 0 Å². The fraction of sp³-hybridized carbons (Fsp3) is 0.273. The van der Waals surface area contributed by atoms with Gasteiger partial charge >= 0.3 is 5.97 Å². The van der Waals surface area contributed by atoms with Crippen molar-refractivity contribution in [3.8, 4) is 11.3 Å². The highest BCUT2D eigenvalue weighted by Crippen LogP contribution is 2.28. The molecular weight excluding hydrogens is 340 g/mol. The van der Waals surface area contributed by atoms with Crippen LogP contribution in [0.15, 0.2) is 60.7 Å². The Morgan fingerprint density at radius 3 is 2.56 bits per heavy atom. The molecule has 27 heavy (non-hydrogen) atoms. The largest absolute Gasteiger partial charge is 0.481 e. The molecule has 0 radical (unpaired) electrons. The van der Waals surface area contributed by atoms with E-state index < -0.39 is 11.9 Å². The fourth-order valence-electron chi connectivity index (χ4n) is 3.87. The minimum atomic E-state index is -0.816. The van der Waals surface area contributed by atoms with Gasteiger partial charge in [-0.3, -0.25) is 9.59 Å². The monoisotopic (exact) mass is 362 g/mol. The second-order valence-electron chi connectivity index (χ2n) is 7.06. The van der Waals surface area contributed by atoms with E-state index in [0.717, 1.165) is 28.6 Å². The first kappa shape index (κ1) is 17.3. The molecule has 1 aliphatic rings. The van der Waals surface area contributed by atoms with Crippen molar-refractivity contribution < 1.29 is 14.7 Å². The highest BCUT2D eigenvalue weighted by molar-refractivity contribution is 5.89. The number of carbonyl (C=O) groups excluding carboxylic acids is 1. The first-order valence-corrected chi connectivity index (χ1v) is 9.28. The molecule has 3 aromatic rings. The zero-order chi connectivity index (χ0) is 18.8. The summed E-state index contributed by atoms with van der Waals surface area (Å²) in [7, 11) is 0. The van der Waals surface area contributed by atoms with E-state index in [1.807, 2.05) is 59.2 Å². The molecule has 2 aromatic carbocycles. The van der Waals surface area contributed by atoms with Gasteiger partial charge in [0, 0.05) is 29.7 Å². The average Bonchev–Trinajstić information content (AvgIpc) is 3.07. The third-order valence-electron chi connectivity index (χ3n) is 5.30. The van der Waals surface area contributed by atoms with Crippen LogP contribution in [0.5, 0.6) is 0 Å². The second-order valence-corrected chi connectivity index (χ2v) is 7.06. The molecule has 1 amide bonds. The lowest BCUT2D eigenvalue weighted by Gasteiger charge is -2.31. The number of hydrogen-bond donors (Lipinski definition) is 1. The molecule has 0 unspecified atom stereocenters. The molecule has 1 aliphatic heterocycles. The van der Waals surface area contributed by atoms with Crippen LogP contribution >= 0.6 is 0 Å². The Morgan fingerprint density at radius 1 is 1.04 bits per heavy atom. The van der Waals surface area contributed by atoms with Gasteiger partial charge in [0.05, 0.1) is 5.92 Å². The fourth-order valence-corrected chi connectivity index (χ4v) is 3.87. The van der Waals surface area contributed by atoms with Crippen LogP contribution in [-0.4, -0.2) is 39.5 Å². The standard InChI is InChI=1S/C22H22N2O3/c25-21(23-12-6-10-18(14-23)22(26)27)15-24-19-11-5-4-9-17(19)13-20(24)16-7-2-1-3-8-16/h1-5,7-9,11,13,18H,6,10,12,14-15H2,(H,26,27)/t18-/m0/s1. The summed E-state index contributed by atoms with van der Waals surface area (Å²) in [6.07, 6.45) is 1.38. The van der Waals surface area contributed by atoms with E-state index in [4.69, 9.17) is 0 Å². The maximum absolute atomic E-state index is 13.0. The number of carbonyl (C=O) groups is 2. The summed E-state index contributed by atoms with van der Waals surface area (Å²) in [4.78, 5) is 26.0. The first-order chi connectivity index (χ1) is 13.1. The molecule has 5 nitrogen and oxygen atoms in total. The van der Waals surface area contributed by atoms with E-state index in [2.05, 4.69) is 6.07 Å². The summed E-state index contributed by atoms with van der Waals surface area (Å²) < 4.78 is 2.04. The summed E-state index contributed by atoms with van der Waals surface area (Å²) in [6, 6.07) is 20.2. The van der Waals surface area contributed by atoms with Crippen LogP contribution < -0.4 is 0 Å². The quantitative estimate of drug-likeness (QED) is 0.771. The van der Waals surface area contributed by atoms with Crippen LogP contribution in [-0.2, 0) is 16.1 Å². The van der Waals surface area contributed by atoms with Crippen molar-refractivity contribution in [3.05, 3.63) is 60.7 Å². The van der Waals surface area contributed by atoms with Crippen molar-refractivity contribution in [2.24, 2.45) is 5.92 Å². The van der Waals surface area contributed by atoms with Gasteiger partial charge in [0.1, 0.15) is 6.54 Å². The molecular formula is C22H22N2O3. The molecule has 138 valence electrons. The molecule has 1 aromatic heterocycles. The zero-order valence-electron chi connectivity index (χ0n) is 15.0. The van der Waals surface area contributed by atoms with E-state index in [-0.39, 0.29) is 12.5 Å². The van der Waals surface area contributed by atoms with E-state index >= 15 is 0 Å². The topological polar surface area (TPSA) is 62.5 Å². The lowest BCUT2D eigenvalue weighted by molar-refractivity contribution is -0.145. The van der Waals surface area contributed by atoms with Gasteiger partial charge < -0.3 is 14.6 Å². The number of rotatable bonds is 4. The van der Waals surface area contributed by atoms with Crippen molar-refractivity contribution in [2.75, 3.05) is 13.1 Å². The first-order valence-electron chi connectivity index (χ1n) is 9.28. The second kappa shape index (κ2) is 7.27. The van der Waals surface area contributed by atoms with Crippen molar-refractivity contribution in [2.45, 2.75) is 19.4 Å². The van der Waals surface area contributed by atoms with E-state index in [1.54, 1.807) is 4.90 Å². The molecule has 0 bridgehead atoms. The Labute approximate surface area is 157 Å². The van der Waals surface area contributed by atoms with Crippen molar-refractivity contribution in [1.82, 2.24) is 9.47 Å². The molecule has 0 aliphatic carbocycles. The van der Waals surface area contributed by atoms with Crippen molar-refractivity contribution in [1.29, 1.82) is 0 Å². The number of amides is 1. The van der Waals surface area contributed by atoms with Crippen LogP contribution in [0, 0.1) is 5.92 Å². The van der Waals surface area contributed by atoms with Crippen LogP contribution in [0.3, 0.4) is 0 Å². The number of hydrogen-bond acceptors (Lipinski definition) is 2. The van der Waals surface area contributed by atoms with Crippen LogP contribution in [0.2, 0.25) is 0 Å². The summed E-state index contributed by atoms with van der Waals surface area (Å²) >= 11 is 0. The van der Waals surface area contributed by atoms with Crippen LogP contribution in [0.25, 0.3) is 22.2 Å². The Hall–Kier alpha value is -3.08.